The Morgan fingerprint density at radius 2 is 1.82 bits per heavy atom. The van der Waals surface area contributed by atoms with Gasteiger partial charge in [0, 0.05) is 18.2 Å². The molecule has 0 aliphatic carbocycles. The lowest BCUT2D eigenvalue weighted by molar-refractivity contribution is -0.124. The molecule has 1 aromatic carbocycles. The number of nitrogens with one attached hydrogen (secondary N) is 1. The summed E-state index contributed by atoms with van der Waals surface area (Å²) in [4.78, 5) is 24.1. The number of hydrogen-bond acceptors (Lipinski definition) is 3. The first-order valence-electron chi connectivity index (χ1n) is 7.42. The van der Waals surface area contributed by atoms with E-state index >= 15 is 0 Å². The molecule has 0 bridgehead atoms. The lowest BCUT2D eigenvalue weighted by Gasteiger charge is -2.15. The van der Waals surface area contributed by atoms with E-state index in [9.17, 15) is 9.59 Å². The molecule has 22 heavy (non-hydrogen) atoms. The van der Waals surface area contributed by atoms with Crippen LogP contribution in [0.1, 0.15) is 26.8 Å². The van der Waals surface area contributed by atoms with Crippen molar-refractivity contribution in [3.05, 3.63) is 52.8 Å². The minimum absolute atomic E-state index is 0.200. The Morgan fingerprint density at radius 3 is 2.45 bits per heavy atom. The maximum atomic E-state index is 12.1. The van der Waals surface area contributed by atoms with Gasteiger partial charge in [0.25, 0.3) is 5.56 Å². The van der Waals surface area contributed by atoms with Crippen molar-refractivity contribution in [1.82, 2.24) is 15.1 Å². The van der Waals surface area contributed by atoms with Crippen LogP contribution in [0.4, 0.5) is 0 Å². The molecule has 0 spiro atoms. The highest BCUT2D eigenvalue weighted by Crippen LogP contribution is 2.15. The number of amides is 1. The lowest BCUT2D eigenvalue weighted by Crippen LogP contribution is -2.38. The fourth-order valence-corrected chi connectivity index (χ4v) is 2.03. The summed E-state index contributed by atoms with van der Waals surface area (Å²) in [5, 5.41) is 7.16. The highest BCUT2D eigenvalue weighted by atomic mass is 16.2. The van der Waals surface area contributed by atoms with Gasteiger partial charge in [-0.2, -0.15) is 5.10 Å². The Labute approximate surface area is 130 Å². The molecule has 0 aliphatic heterocycles. The molecule has 2 aromatic rings. The van der Waals surface area contributed by atoms with E-state index in [0.717, 1.165) is 5.56 Å². The number of rotatable bonds is 5. The van der Waals surface area contributed by atoms with Crippen LogP contribution in [0.5, 0.6) is 0 Å². The summed E-state index contributed by atoms with van der Waals surface area (Å²) in [6.45, 7) is 6.30. The molecule has 1 aromatic heterocycles. The van der Waals surface area contributed by atoms with Crippen molar-refractivity contribution in [3.8, 4) is 11.3 Å². The van der Waals surface area contributed by atoms with Gasteiger partial charge in [0.15, 0.2) is 0 Å². The average molecular weight is 299 g/mol. The lowest BCUT2D eigenvalue weighted by atomic mass is 10.1. The standard InChI is InChI=1S/C17H21N3O2/c1-12(2)11-18-17(22)13(3)20-16(21)10-9-15(19-20)14-7-5-4-6-8-14/h4-10,12-13H,11H2,1-3H3,(H,18,22). The van der Waals surface area contributed by atoms with Crippen LogP contribution in [0.3, 0.4) is 0 Å². The molecule has 0 saturated carbocycles. The second kappa shape index (κ2) is 7.02. The third kappa shape index (κ3) is 3.81. The molecule has 0 radical (unpaired) electrons. The topological polar surface area (TPSA) is 64.0 Å². The molecule has 2 rings (SSSR count). The van der Waals surface area contributed by atoms with E-state index < -0.39 is 6.04 Å². The monoisotopic (exact) mass is 299 g/mol. The van der Waals surface area contributed by atoms with E-state index in [-0.39, 0.29) is 11.5 Å². The first-order chi connectivity index (χ1) is 10.5. The van der Waals surface area contributed by atoms with Crippen LogP contribution in [0, 0.1) is 5.92 Å². The summed E-state index contributed by atoms with van der Waals surface area (Å²) in [5.41, 5.74) is 1.29. The molecule has 1 N–H and O–H groups in total. The van der Waals surface area contributed by atoms with Crippen molar-refractivity contribution < 1.29 is 4.79 Å². The van der Waals surface area contributed by atoms with Crippen molar-refractivity contribution >= 4 is 5.91 Å². The fourth-order valence-electron chi connectivity index (χ4n) is 2.03. The van der Waals surface area contributed by atoms with E-state index in [1.807, 2.05) is 44.2 Å². The SMILES string of the molecule is CC(C)CNC(=O)C(C)n1nc(-c2ccccc2)ccc1=O. The quantitative estimate of drug-likeness (QED) is 0.921. The van der Waals surface area contributed by atoms with Crippen LogP contribution in [-0.2, 0) is 4.79 Å². The molecule has 1 heterocycles. The maximum absolute atomic E-state index is 12.1. The van der Waals surface area contributed by atoms with E-state index in [4.69, 9.17) is 0 Å². The third-order valence-electron chi connectivity index (χ3n) is 3.33. The fraction of sp³-hybridized carbons (Fsp3) is 0.353. The van der Waals surface area contributed by atoms with Crippen molar-refractivity contribution in [1.29, 1.82) is 0 Å². The minimum Gasteiger partial charge on any atom is -0.354 e. The van der Waals surface area contributed by atoms with E-state index in [0.29, 0.717) is 18.2 Å². The highest BCUT2D eigenvalue weighted by Gasteiger charge is 2.17. The Hall–Kier alpha value is -2.43. The molecular formula is C17H21N3O2. The summed E-state index contributed by atoms with van der Waals surface area (Å²) >= 11 is 0. The number of aromatic nitrogens is 2. The van der Waals surface area contributed by atoms with E-state index in [2.05, 4.69) is 10.4 Å². The van der Waals surface area contributed by atoms with Gasteiger partial charge in [-0.3, -0.25) is 9.59 Å². The normalized spacial score (nSPS) is 12.2. The minimum atomic E-state index is -0.644. The van der Waals surface area contributed by atoms with Crippen LogP contribution in [0.15, 0.2) is 47.3 Å². The molecule has 0 fully saturated rings. The smallest absolute Gasteiger partial charge is 0.267 e. The molecule has 1 atom stereocenters. The molecular weight excluding hydrogens is 278 g/mol. The molecule has 5 nitrogen and oxygen atoms in total. The Bertz CT molecular complexity index is 693. The number of carbonyl (C=O) groups is 1. The Balaban J connectivity index is 2.27. The van der Waals surface area contributed by atoms with Gasteiger partial charge in [0.05, 0.1) is 5.69 Å². The Kier molecular flexibility index (Phi) is 5.09. The van der Waals surface area contributed by atoms with Crippen LogP contribution >= 0.6 is 0 Å². The summed E-state index contributed by atoms with van der Waals surface area (Å²) in [5.74, 6) is 0.157. The van der Waals surface area contributed by atoms with Crippen molar-refractivity contribution in [2.24, 2.45) is 5.92 Å². The predicted octanol–water partition coefficient (Wildman–Crippen LogP) is 2.24. The Morgan fingerprint density at radius 1 is 1.14 bits per heavy atom. The number of carbonyl (C=O) groups excluding carboxylic acids is 1. The molecule has 0 saturated heterocycles. The van der Waals surface area contributed by atoms with Gasteiger partial charge in [-0.05, 0) is 18.9 Å². The van der Waals surface area contributed by atoms with Gasteiger partial charge in [-0.1, -0.05) is 44.2 Å². The van der Waals surface area contributed by atoms with E-state index in [1.54, 1.807) is 13.0 Å². The van der Waals surface area contributed by atoms with Gasteiger partial charge in [-0.15, -0.1) is 0 Å². The zero-order valence-electron chi connectivity index (χ0n) is 13.1. The van der Waals surface area contributed by atoms with Crippen molar-refractivity contribution in [3.63, 3.8) is 0 Å². The van der Waals surface area contributed by atoms with Crippen LogP contribution in [0.25, 0.3) is 11.3 Å². The van der Waals surface area contributed by atoms with E-state index in [1.165, 1.54) is 10.7 Å². The van der Waals surface area contributed by atoms with Gasteiger partial charge < -0.3 is 5.32 Å². The van der Waals surface area contributed by atoms with Crippen LogP contribution < -0.4 is 10.9 Å². The van der Waals surface area contributed by atoms with Gasteiger partial charge >= 0.3 is 0 Å². The zero-order chi connectivity index (χ0) is 16.1. The summed E-state index contributed by atoms with van der Waals surface area (Å²) in [6.07, 6.45) is 0. The second-order valence-corrected chi connectivity index (χ2v) is 5.68. The number of nitrogens with zero attached hydrogens (tertiary/aromatic N) is 2. The first-order valence-corrected chi connectivity index (χ1v) is 7.42. The van der Waals surface area contributed by atoms with Crippen molar-refractivity contribution in [2.45, 2.75) is 26.8 Å². The number of hydrogen-bond donors (Lipinski definition) is 1. The van der Waals surface area contributed by atoms with Crippen molar-refractivity contribution in [2.75, 3.05) is 6.54 Å². The first kappa shape index (κ1) is 15.9. The van der Waals surface area contributed by atoms with Crippen LogP contribution in [-0.4, -0.2) is 22.2 Å². The van der Waals surface area contributed by atoms with Gasteiger partial charge in [-0.25, -0.2) is 4.68 Å². The molecule has 116 valence electrons. The molecule has 1 amide bonds. The van der Waals surface area contributed by atoms with Gasteiger partial charge in [0.1, 0.15) is 6.04 Å². The summed E-state index contributed by atoms with van der Waals surface area (Å²) < 4.78 is 1.23. The molecule has 1 unspecified atom stereocenters. The second-order valence-electron chi connectivity index (χ2n) is 5.68. The highest BCUT2D eigenvalue weighted by molar-refractivity contribution is 5.79. The number of benzene rings is 1. The average Bonchev–Trinajstić information content (AvgIpc) is 2.53. The predicted molar refractivity (Wildman–Crippen MR) is 86.5 cm³/mol. The van der Waals surface area contributed by atoms with Crippen LogP contribution in [0.2, 0.25) is 0 Å². The summed E-state index contributed by atoms with van der Waals surface area (Å²) in [6, 6.07) is 12.0. The van der Waals surface area contributed by atoms with Gasteiger partial charge in [0.2, 0.25) is 5.91 Å². The zero-order valence-corrected chi connectivity index (χ0v) is 13.1. The summed E-state index contributed by atoms with van der Waals surface area (Å²) in [7, 11) is 0. The molecule has 0 aliphatic rings. The molecule has 5 heteroatoms. The largest absolute Gasteiger partial charge is 0.354 e. The maximum Gasteiger partial charge on any atom is 0.267 e. The third-order valence-corrected chi connectivity index (χ3v) is 3.33.